The summed E-state index contributed by atoms with van der Waals surface area (Å²) in [5.74, 6) is 0. The number of halogens is 3. The van der Waals surface area contributed by atoms with Crippen LogP contribution in [0.3, 0.4) is 0 Å². The second-order valence-corrected chi connectivity index (χ2v) is 5.97. The van der Waals surface area contributed by atoms with Gasteiger partial charge in [0.15, 0.2) is 0 Å². The summed E-state index contributed by atoms with van der Waals surface area (Å²) in [6.45, 7) is 5.11. The van der Waals surface area contributed by atoms with Crippen molar-refractivity contribution < 1.29 is 13.2 Å². The maximum atomic E-state index is 12.7. The summed E-state index contributed by atoms with van der Waals surface area (Å²) in [6, 6.07) is 5.63. The van der Waals surface area contributed by atoms with Crippen LogP contribution in [0, 0.1) is 0 Å². The van der Waals surface area contributed by atoms with Crippen LogP contribution in [0.4, 0.5) is 13.2 Å². The summed E-state index contributed by atoms with van der Waals surface area (Å²) in [5, 5.41) is 0. The molecule has 3 saturated heterocycles. The van der Waals surface area contributed by atoms with Crippen LogP contribution in [-0.4, -0.2) is 54.6 Å². The molecule has 1 aromatic rings. The number of piperazine rings is 3. The zero-order valence-electron chi connectivity index (χ0n) is 11.8. The van der Waals surface area contributed by atoms with Crippen molar-refractivity contribution in [2.24, 2.45) is 5.73 Å². The van der Waals surface area contributed by atoms with Crippen molar-refractivity contribution in [3.8, 4) is 0 Å². The largest absolute Gasteiger partial charge is 0.416 e. The molecule has 2 bridgehead atoms. The van der Waals surface area contributed by atoms with Crippen LogP contribution in [0.5, 0.6) is 0 Å². The molecule has 0 spiro atoms. The monoisotopic (exact) mass is 299 g/mol. The molecule has 116 valence electrons. The molecule has 3 fully saturated rings. The second kappa shape index (κ2) is 5.59. The molecule has 0 aliphatic carbocycles. The molecule has 3 aliphatic heterocycles. The summed E-state index contributed by atoms with van der Waals surface area (Å²) in [6.07, 6.45) is -3.81. The number of nitrogens with zero attached hydrogens (tertiary/aromatic N) is 2. The Balaban J connectivity index is 1.69. The molecule has 21 heavy (non-hydrogen) atoms. The van der Waals surface area contributed by atoms with Crippen molar-refractivity contribution in [3.05, 3.63) is 35.4 Å². The number of rotatable bonds is 3. The zero-order valence-corrected chi connectivity index (χ0v) is 11.8. The fourth-order valence-corrected chi connectivity index (χ4v) is 3.35. The third kappa shape index (κ3) is 3.22. The highest BCUT2D eigenvalue weighted by molar-refractivity contribution is 5.26. The van der Waals surface area contributed by atoms with E-state index in [4.69, 9.17) is 5.73 Å². The van der Waals surface area contributed by atoms with Crippen molar-refractivity contribution in [2.75, 3.05) is 32.7 Å². The van der Waals surface area contributed by atoms with E-state index in [1.807, 2.05) is 0 Å². The molecule has 3 nitrogen and oxygen atoms in total. The van der Waals surface area contributed by atoms with E-state index in [9.17, 15) is 13.2 Å². The van der Waals surface area contributed by atoms with Crippen LogP contribution in [0.25, 0.3) is 0 Å². The van der Waals surface area contributed by atoms with Crippen LogP contribution in [0.15, 0.2) is 24.3 Å². The summed E-state index contributed by atoms with van der Waals surface area (Å²) >= 11 is 0. The van der Waals surface area contributed by atoms with Crippen molar-refractivity contribution >= 4 is 0 Å². The van der Waals surface area contributed by atoms with E-state index in [1.54, 1.807) is 6.07 Å². The van der Waals surface area contributed by atoms with Gasteiger partial charge in [-0.25, -0.2) is 0 Å². The molecule has 2 atom stereocenters. The van der Waals surface area contributed by atoms with E-state index >= 15 is 0 Å². The first-order chi connectivity index (χ1) is 9.93. The molecular formula is C15H20F3N3. The predicted molar refractivity (Wildman–Crippen MR) is 74.9 cm³/mol. The SMILES string of the molecule is NC(Cc1cccc(C(F)(F)F)c1)C1CN2CCN1CC2. The molecule has 0 aromatic heterocycles. The van der Waals surface area contributed by atoms with Gasteiger partial charge in [-0.15, -0.1) is 0 Å². The van der Waals surface area contributed by atoms with Gasteiger partial charge in [-0.3, -0.25) is 9.80 Å². The Morgan fingerprint density at radius 1 is 1.19 bits per heavy atom. The lowest BCUT2D eigenvalue weighted by molar-refractivity contribution is -0.137. The molecule has 0 saturated carbocycles. The number of alkyl halides is 3. The Kier molecular flexibility index (Phi) is 3.94. The average molecular weight is 299 g/mol. The summed E-state index contributed by atoms with van der Waals surface area (Å²) in [5.41, 5.74) is 6.34. The minimum Gasteiger partial charge on any atom is -0.326 e. The van der Waals surface area contributed by atoms with Crippen LogP contribution in [-0.2, 0) is 12.6 Å². The van der Waals surface area contributed by atoms with Crippen molar-refractivity contribution in [1.82, 2.24) is 9.80 Å². The first kappa shape index (κ1) is 14.8. The number of benzene rings is 1. The average Bonchev–Trinajstić information content (AvgIpc) is 2.48. The first-order valence-electron chi connectivity index (χ1n) is 7.31. The number of hydrogen-bond acceptors (Lipinski definition) is 3. The van der Waals surface area contributed by atoms with Gasteiger partial charge >= 0.3 is 6.18 Å². The van der Waals surface area contributed by atoms with Gasteiger partial charge in [0.25, 0.3) is 0 Å². The van der Waals surface area contributed by atoms with Gasteiger partial charge in [0.1, 0.15) is 0 Å². The Labute approximate surface area is 122 Å². The van der Waals surface area contributed by atoms with Crippen molar-refractivity contribution in [1.29, 1.82) is 0 Å². The molecule has 2 N–H and O–H groups in total. The summed E-state index contributed by atoms with van der Waals surface area (Å²) in [4.78, 5) is 4.76. The van der Waals surface area contributed by atoms with E-state index in [0.29, 0.717) is 12.0 Å². The Morgan fingerprint density at radius 3 is 2.48 bits per heavy atom. The van der Waals surface area contributed by atoms with E-state index in [0.717, 1.165) is 38.8 Å². The number of fused-ring (bicyclic) bond motifs is 3. The van der Waals surface area contributed by atoms with Gasteiger partial charge in [-0.2, -0.15) is 13.2 Å². The van der Waals surface area contributed by atoms with Gasteiger partial charge in [0.05, 0.1) is 5.56 Å². The van der Waals surface area contributed by atoms with E-state index in [1.165, 1.54) is 12.1 Å². The first-order valence-corrected chi connectivity index (χ1v) is 7.31. The van der Waals surface area contributed by atoms with Crippen LogP contribution in [0.2, 0.25) is 0 Å². The minimum absolute atomic E-state index is 0.128. The summed E-state index contributed by atoms with van der Waals surface area (Å²) in [7, 11) is 0. The van der Waals surface area contributed by atoms with Crippen LogP contribution >= 0.6 is 0 Å². The standard InChI is InChI=1S/C15H20F3N3/c16-15(17,18)12-3-1-2-11(8-12)9-13(19)14-10-20-4-6-21(14)7-5-20/h1-3,8,13-14H,4-7,9-10,19H2. The molecule has 4 rings (SSSR count). The maximum absolute atomic E-state index is 12.7. The van der Waals surface area contributed by atoms with Crippen molar-refractivity contribution in [3.63, 3.8) is 0 Å². The lowest BCUT2D eigenvalue weighted by Crippen LogP contribution is -2.66. The molecule has 2 unspecified atom stereocenters. The normalized spacial score (nSPS) is 30.4. The second-order valence-electron chi connectivity index (χ2n) is 5.97. The Hall–Kier alpha value is -1.11. The van der Waals surface area contributed by atoms with Crippen molar-refractivity contribution in [2.45, 2.75) is 24.7 Å². The molecular weight excluding hydrogens is 279 g/mol. The van der Waals surface area contributed by atoms with E-state index in [-0.39, 0.29) is 12.1 Å². The highest BCUT2D eigenvalue weighted by Crippen LogP contribution is 2.30. The highest BCUT2D eigenvalue weighted by Gasteiger charge is 2.35. The quantitative estimate of drug-likeness (QED) is 0.920. The maximum Gasteiger partial charge on any atom is 0.416 e. The fraction of sp³-hybridized carbons (Fsp3) is 0.600. The summed E-state index contributed by atoms with van der Waals surface area (Å²) < 4.78 is 38.2. The van der Waals surface area contributed by atoms with Crippen LogP contribution < -0.4 is 5.73 Å². The molecule has 3 heterocycles. The highest BCUT2D eigenvalue weighted by atomic mass is 19.4. The molecule has 3 aliphatic rings. The zero-order chi connectivity index (χ0) is 15.0. The molecule has 6 heteroatoms. The Morgan fingerprint density at radius 2 is 1.90 bits per heavy atom. The topological polar surface area (TPSA) is 32.5 Å². The van der Waals surface area contributed by atoms with Gasteiger partial charge in [0, 0.05) is 44.8 Å². The fourth-order valence-electron chi connectivity index (χ4n) is 3.35. The van der Waals surface area contributed by atoms with Gasteiger partial charge < -0.3 is 5.73 Å². The van der Waals surface area contributed by atoms with Gasteiger partial charge in [0.2, 0.25) is 0 Å². The lowest BCUT2D eigenvalue weighted by atomic mass is 9.94. The molecule has 0 radical (unpaired) electrons. The van der Waals surface area contributed by atoms with E-state index < -0.39 is 11.7 Å². The third-order valence-corrected chi connectivity index (χ3v) is 4.54. The molecule has 0 amide bonds. The third-order valence-electron chi connectivity index (χ3n) is 4.54. The molecule has 1 aromatic carbocycles. The Bertz CT molecular complexity index is 495. The van der Waals surface area contributed by atoms with Gasteiger partial charge in [-0.1, -0.05) is 18.2 Å². The minimum atomic E-state index is -4.29. The van der Waals surface area contributed by atoms with Gasteiger partial charge in [-0.05, 0) is 18.1 Å². The van der Waals surface area contributed by atoms with Crippen LogP contribution in [0.1, 0.15) is 11.1 Å². The number of hydrogen-bond donors (Lipinski definition) is 1. The van der Waals surface area contributed by atoms with E-state index in [2.05, 4.69) is 9.80 Å². The lowest BCUT2D eigenvalue weighted by Gasteiger charge is -2.49. The predicted octanol–water partition coefficient (Wildman–Crippen LogP) is 1.57. The number of nitrogens with two attached hydrogens (primary N) is 1. The smallest absolute Gasteiger partial charge is 0.326 e.